The van der Waals surface area contributed by atoms with Crippen LogP contribution in [0.4, 0.5) is 0 Å². The van der Waals surface area contributed by atoms with Crippen LogP contribution in [0.2, 0.25) is 0 Å². The topological polar surface area (TPSA) is 25.2 Å². The van der Waals surface area contributed by atoms with Crippen LogP contribution in [0.5, 0.6) is 0 Å². The summed E-state index contributed by atoms with van der Waals surface area (Å²) in [6.45, 7) is 7.32. The summed E-state index contributed by atoms with van der Waals surface area (Å²) in [7, 11) is 0. The monoisotopic (exact) mass is 193 g/mol. The summed E-state index contributed by atoms with van der Waals surface area (Å²) in [5, 5.41) is 3.42. The van der Waals surface area contributed by atoms with Gasteiger partial charge in [-0.15, -0.1) is 0 Å². The van der Waals surface area contributed by atoms with Crippen LogP contribution in [0.1, 0.15) is 26.5 Å². The van der Waals surface area contributed by atoms with Crippen molar-refractivity contribution >= 4 is 0 Å². The Morgan fingerprint density at radius 1 is 1.57 bits per heavy atom. The lowest BCUT2D eigenvalue weighted by molar-refractivity contribution is 0.466. The number of rotatable bonds is 5. The van der Waals surface area contributed by atoms with Gasteiger partial charge in [0, 0.05) is 19.0 Å². The number of allylic oxidation sites excluding steroid dienone is 1. The van der Waals surface area contributed by atoms with E-state index in [1.807, 2.05) is 12.1 Å². The van der Waals surface area contributed by atoms with Crippen molar-refractivity contribution in [3.05, 3.63) is 35.8 Å². The van der Waals surface area contributed by atoms with Crippen molar-refractivity contribution in [2.75, 3.05) is 6.54 Å². The summed E-state index contributed by atoms with van der Waals surface area (Å²) >= 11 is 0. The highest BCUT2D eigenvalue weighted by Gasteiger charge is 2.03. The van der Waals surface area contributed by atoms with E-state index in [0.29, 0.717) is 6.04 Å². The summed E-state index contributed by atoms with van der Waals surface area (Å²) in [6.07, 6.45) is 4.86. The quantitative estimate of drug-likeness (QED) is 0.727. The third-order valence-electron chi connectivity index (χ3n) is 2.06. The molecule has 0 aromatic carbocycles. The first-order valence-electron chi connectivity index (χ1n) is 5.07. The number of hydrogen-bond acceptors (Lipinski definition) is 2. The fraction of sp³-hybridized carbons (Fsp3) is 0.500. The van der Waals surface area contributed by atoms with Crippen LogP contribution in [0.3, 0.4) is 0 Å². The molecule has 1 N–H and O–H groups in total. The van der Waals surface area contributed by atoms with E-state index in [2.05, 4.69) is 32.2 Å². The summed E-state index contributed by atoms with van der Waals surface area (Å²) in [6, 6.07) is 4.40. The van der Waals surface area contributed by atoms with Crippen molar-refractivity contribution in [3.63, 3.8) is 0 Å². The molecule has 0 spiro atoms. The maximum atomic E-state index is 5.28. The molecule has 14 heavy (non-hydrogen) atoms. The Morgan fingerprint density at radius 3 is 2.93 bits per heavy atom. The lowest BCUT2D eigenvalue weighted by Gasteiger charge is -2.10. The van der Waals surface area contributed by atoms with Crippen LogP contribution < -0.4 is 5.32 Å². The highest BCUT2D eigenvalue weighted by molar-refractivity contribution is 5.00. The van der Waals surface area contributed by atoms with E-state index in [1.54, 1.807) is 6.26 Å². The predicted octanol–water partition coefficient (Wildman–Crippen LogP) is 2.77. The molecule has 0 saturated heterocycles. The predicted molar refractivity (Wildman–Crippen MR) is 59.3 cm³/mol. The van der Waals surface area contributed by atoms with Gasteiger partial charge in [-0.25, -0.2) is 0 Å². The van der Waals surface area contributed by atoms with Gasteiger partial charge in [-0.3, -0.25) is 0 Å². The van der Waals surface area contributed by atoms with E-state index in [-0.39, 0.29) is 0 Å². The van der Waals surface area contributed by atoms with Crippen LogP contribution in [0, 0.1) is 0 Å². The van der Waals surface area contributed by atoms with Gasteiger partial charge in [0.05, 0.1) is 6.26 Å². The highest BCUT2D eigenvalue weighted by atomic mass is 16.3. The van der Waals surface area contributed by atoms with Gasteiger partial charge in [-0.1, -0.05) is 11.6 Å². The summed E-state index contributed by atoms with van der Waals surface area (Å²) in [5.74, 6) is 1.04. The van der Waals surface area contributed by atoms with Gasteiger partial charge in [0.15, 0.2) is 0 Å². The summed E-state index contributed by atoms with van der Waals surface area (Å²) in [5.41, 5.74) is 1.35. The van der Waals surface area contributed by atoms with Crippen molar-refractivity contribution in [3.8, 4) is 0 Å². The van der Waals surface area contributed by atoms with E-state index in [1.165, 1.54) is 5.57 Å². The van der Waals surface area contributed by atoms with Gasteiger partial charge < -0.3 is 9.73 Å². The first-order valence-corrected chi connectivity index (χ1v) is 5.07. The average molecular weight is 193 g/mol. The molecule has 1 aromatic rings. The van der Waals surface area contributed by atoms with Gasteiger partial charge >= 0.3 is 0 Å². The SMILES string of the molecule is CC(C)=CCNC(C)Cc1ccco1. The highest BCUT2D eigenvalue weighted by Crippen LogP contribution is 2.03. The van der Waals surface area contributed by atoms with E-state index >= 15 is 0 Å². The van der Waals surface area contributed by atoms with Crippen molar-refractivity contribution < 1.29 is 4.42 Å². The molecule has 1 aromatic heterocycles. The standard InChI is InChI=1S/C12H19NO/c1-10(2)6-7-13-11(3)9-12-5-4-8-14-12/h4-6,8,11,13H,7,9H2,1-3H3. The van der Waals surface area contributed by atoms with Crippen molar-refractivity contribution in [2.45, 2.75) is 33.2 Å². The van der Waals surface area contributed by atoms with Crippen molar-refractivity contribution in [2.24, 2.45) is 0 Å². The van der Waals surface area contributed by atoms with Gasteiger partial charge in [0.2, 0.25) is 0 Å². The van der Waals surface area contributed by atoms with Gasteiger partial charge in [0.1, 0.15) is 5.76 Å². The molecule has 2 nitrogen and oxygen atoms in total. The maximum absolute atomic E-state index is 5.28. The molecule has 78 valence electrons. The molecule has 0 amide bonds. The zero-order chi connectivity index (χ0) is 10.4. The second kappa shape index (κ2) is 5.66. The fourth-order valence-electron chi connectivity index (χ4n) is 1.27. The Bertz CT molecular complexity index is 271. The fourth-order valence-corrected chi connectivity index (χ4v) is 1.27. The molecule has 0 bridgehead atoms. The van der Waals surface area contributed by atoms with Gasteiger partial charge in [0.25, 0.3) is 0 Å². The first-order chi connectivity index (χ1) is 6.68. The largest absolute Gasteiger partial charge is 0.469 e. The minimum atomic E-state index is 0.455. The number of furan rings is 1. The van der Waals surface area contributed by atoms with Crippen LogP contribution >= 0.6 is 0 Å². The van der Waals surface area contributed by atoms with E-state index < -0.39 is 0 Å². The molecule has 0 saturated carbocycles. The van der Waals surface area contributed by atoms with Crippen LogP contribution in [0.15, 0.2) is 34.5 Å². The molecule has 1 atom stereocenters. The molecule has 1 unspecified atom stereocenters. The lowest BCUT2D eigenvalue weighted by atomic mass is 10.2. The zero-order valence-electron chi connectivity index (χ0n) is 9.21. The van der Waals surface area contributed by atoms with Gasteiger partial charge in [-0.05, 0) is 32.9 Å². The smallest absolute Gasteiger partial charge is 0.105 e. The molecule has 0 aliphatic heterocycles. The van der Waals surface area contributed by atoms with Crippen LogP contribution in [-0.4, -0.2) is 12.6 Å². The van der Waals surface area contributed by atoms with E-state index in [0.717, 1.165) is 18.7 Å². The average Bonchev–Trinajstić information content (AvgIpc) is 2.56. The zero-order valence-corrected chi connectivity index (χ0v) is 9.21. The molecule has 0 radical (unpaired) electrons. The van der Waals surface area contributed by atoms with E-state index in [9.17, 15) is 0 Å². The van der Waals surface area contributed by atoms with Crippen molar-refractivity contribution in [1.29, 1.82) is 0 Å². The Hall–Kier alpha value is -1.02. The van der Waals surface area contributed by atoms with Gasteiger partial charge in [-0.2, -0.15) is 0 Å². The molecule has 1 rings (SSSR count). The lowest BCUT2D eigenvalue weighted by Crippen LogP contribution is -2.28. The molecular weight excluding hydrogens is 174 g/mol. The van der Waals surface area contributed by atoms with Crippen LogP contribution in [0.25, 0.3) is 0 Å². The summed E-state index contributed by atoms with van der Waals surface area (Å²) < 4.78 is 5.28. The van der Waals surface area contributed by atoms with Crippen LogP contribution in [-0.2, 0) is 6.42 Å². The molecule has 0 aliphatic carbocycles. The Labute approximate surface area is 86.0 Å². The molecular formula is C12H19NO. The van der Waals surface area contributed by atoms with Crippen molar-refractivity contribution in [1.82, 2.24) is 5.32 Å². The van der Waals surface area contributed by atoms with E-state index in [4.69, 9.17) is 4.42 Å². The minimum absolute atomic E-state index is 0.455. The molecule has 2 heteroatoms. The molecule has 0 fully saturated rings. The number of nitrogens with one attached hydrogen (secondary N) is 1. The summed E-state index contributed by atoms with van der Waals surface area (Å²) in [4.78, 5) is 0. The Kier molecular flexibility index (Phi) is 4.47. The Balaban J connectivity index is 2.23. The normalized spacial score (nSPS) is 12.5. The minimum Gasteiger partial charge on any atom is -0.469 e. The third kappa shape index (κ3) is 4.28. The third-order valence-corrected chi connectivity index (χ3v) is 2.06. The number of hydrogen-bond donors (Lipinski definition) is 1. The second-order valence-corrected chi connectivity index (χ2v) is 3.87. The molecule has 1 heterocycles. The first kappa shape index (κ1) is 11.1. The Morgan fingerprint density at radius 2 is 2.36 bits per heavy atom. The second-order valence-electron chi connectivity index (χ2n) is 3.87. The maximum Gasteiger partial charge on any atom is 0.105 e. The molecule has 0 aliphatic rings.